The van der Waals surface area contributed by atoms with Crippen LogP contribution in [0.4, 0.5) is 4.39 Å². The fourth-order valence-electron chi connectivity index (χ4n) is 5.60. The highest BCUT2D eigenvalue weighted by Gasteiger charge is 2.52. The average Bonchev–Trinajstić information content (AvgIpc) is 3.00. The molecule has 0 aromatic heterocycles. The molecule has 0 radical (unpaired) electrons. The molecule has 32 heavy (non-hydrogen) atoms. The summed E-state index contributed by atoms with van der Waals surface area (Å²) >= 11 is 0. The van der Waals surface area contributed by atoms with E-state index in [1.165, 1.54) is 12.1 Å². The summed E-state index contributed by atoms with van der Waals surface area (Å²) in [4.78, 5) is 32.1. The lowest BCUT2D eigenvalue weighted by molar-refractivity contribution is -0.134. The molecule has 5 nitrogen and oxygen atoms in total. The molecule has 1 fully saturated rings. The number of carboxylic acid groups (broad SMARTS) is 1. The number of hydrogen-bond donors (Lipinski definition) is 1. The largest absolute Gasteiger partial charge is 0.478 e. The predicted molar refractivity (Wildman–Crippen MR) is 121 cm³/mol. The summed E-state index contributed by atoms with van der Waals surface area (Å²) in [5.74, 6) is -0.645. The quantitative estimate of drug-likeness (QED) is 0.677. The summed E-state index contributed by atoms with van der Waals surface area (Å²) in [7, 11) is 0. The van der Waals surface area contributed by atoms with E-state index >= 15 is 0 Å². The SMILES string of the molecule is CCC(c1ccc(C(=O)O)cc1)N1C(=O)C(c2ccc(F)cc2)=NC12CC(C)CC(C)C2. The number of hydrogen-bond acceptors (Lipinski definition) is 3. The molecule has 0 bridgehead atoms. The first-order valence-electron chi connectivity index (χ1n) is 11.3. The number of carboxylic acids is 1. The number of aromatic carboxylic acids is 1. The lowest BCUT2D eigenvalue weighted by Crippen LogP contribution is -2.52. The molecule has 2 aromatic rings. The van der Waals surface area contributed by atoms with E-state index in [2.05, 4.69) is 13.8 Å². The first kappa shape index (κ1) is 22.2. The molecule has 6 heteroatoms. The second kappa shape index (κ2) is 8.49. The van der Waals surface area contributed by atoms with Crippen LogP contribution in [0.25, 0.3) is 0 Å². The molecule has 0 saturated heterocycles. The van der Waals surface area contributed by atoms with Crippen LogP contribution in [-0.2, 0) is 4.79 Å². The van der Waals surface area contributed by atoms with Crippen molar-refractivity contribution in [2.75, 3.05) is 0 Å². The molecule has 2 aliphatic rings. The van der Waals surface area contributed by atoms with Crippen LogP contribution in [0.15, 0.2) is 53.5 Å². The Labute approximate surface area is 188 Å². The van der Waals surface area contributed by atoms with Gasteiger partial charge in [-0.15, -0.1) is 0 Å². The second-order valence-electron chi connectivity index (χ2n) is 9.33. The molecule has 2 aromatic carbocycles. The number of carbonyl (C=O) groups is 2. The highest BCUT2D eigenvalue weighted by molar-refractivity contribution is 6.46. The molecule has 3 unspecified atom stereocenters. The Balaban J connectivity index is 1.79. The van der Waals surface area contributed by atoms with Gasteiger partial charge in [-0.05, 0) is 79.5 Å². The van der Waals surface area contributed by atoms with E-state index < -0.39 is 11.6 Å². The average molecular weight is 437 g/mol. The second-order valence-corrected chi connectivity index (χ2v) is 9.33. The minimum Gasteiger partial charge on any atom is -0.478 e. The zero-order valence-electron chi connectivity index (χ0n) is 18.7. The number of rotatable bonds is 5. The van der Waals surface area contributed by atoms with Crippen molar-refractivity contribution in [3.8, 4) is 0 Å². The van der Waals surface area contributed by atoms with Crippen LogP contribution < -0.4 is 0 Å². The number of benzene rings is 2. The standard InChI is InChI=1S/C26H29FN2O3/c1-4-22(18-5-7-20(8-6-18)25(31)32)29-24(30)23(19-9-11-21(27)12-10-19)28-26(29)14-16(2)13-17(3)15-26/h5-12,16-17,22H,4,13-15H2,1-3H3,(H,31,32). The van der Waals surface area contributed by atoms with Crippen molar-refractivity contribution in [1.29, 1.82) is 0 Å². The molecule has 1 N–H and O–H groups in total. The number of amides is 1. The Morgan fingerprint density at radius 2 is 1.72 bits per heavy atom. The van der Waals surface area contributed by atoms with Crippen LogP contribution in [0.1, 0.15) is 74.0 Å². The Kier molecular flexibility index (Phi) is 5.89. The minimum absolute atomic E-state index is 0.146. The first-order valence-corrected chi connectivity index (χ1v) is 11.3. The third-order valence-corrected chi connectivity index (χ3v) is 6.70. The molecule has 1 amide bonds. The van der Waals surface area contributed by atoms with Crippen molar-refractivity contribution >= 4 is 17.6 Å². The van der Waals surface area contributed by atoms with E-state index in [0.717, 1.165) is 24.8 Å². The summed E-state index contributed by atoms with van der Waals surface area (Å²) in [6.45, 7) is 6.44. The summed E-state index contributed by atoms with van der Waals surface area (Å²) in [5.41, 5.74) is 1.47. The van der Waals surface area contributed by atoms with Crippen LogP contribution >= 0.6 is 0 Å². The maximum absolute atomic E-state index is 13.8. The zero-order chi connectivity index (χ0) is 23.0. The maximum atomic E-state index is 13.8. The lowest BCUT2D eigenvalue weighted by Gasteiger charge is -2.47. The van der Waals surface area contributed by atoms with Crippen molar-refractivity contribution in [3.63, 3.8) is 0 Å². The summed E-state index contributed by atoms with van der Waals surface area (Å²) < 4.78 is 13.5. The van der Waals surface area contributed by atoms with Crippen molar-refractivity contribution < 1.29 is 19.1 Å². The monoisotopic (exact) mass is 436 g/mol. The number of carbonyl (C=O) groups excluding carboxylic acids is 1. The summed E-state index contributed by atoms with van der Waals surface area (Å²) in [5, 5.41) is 9.25. The van der Waals surface area contributed by atoms with Crippen molar-refractivity contribution in [2.45, 2.75) is 58.2 Å². The highest BCUT2D eigenvalue weighted by atomic mass is 19.1. The summed E-state index contributed by atoms with van der Waals surface area (Å²) in [6, 6.07) is 12.5. The third kappa shape index (κ3) is 3.94. The predicted octanol–water partition coefficient (Wildman–Crippen LogP) is 5.46. The summed E-state index contributed by atoms with van der Waals surface area (Å²) in [6.07, 6.45) is 3.32. The normalized spacial score (nSPS) is 26.3. The van der Waals surface area contributed by atoms with E-state index in [1.54, 1.807) is 36.4 Å². The molecular formula is C26H29FN2O3. The number of aliphatic imine (C=N–C) groups is 1. The Morgan fingerprint density at radius 3 is 2.25 bits per heavy atom. The lowest BCUT2D eigenvalue weighted by atomic mass is 9.75. The molecular weight excluding hydrogens is 407 g/mol. The molecule has 4 rings (SSSR count). The van der Waals surface area contributed by atoms with E-state index in [9.17, 15) is 19.1 Å². The Morgan fingerprint density at radius 1 is 1.12 bits per heavy atom. The van der Waals surface area contributed by atoms with E-state index in [1.807, 2.05) is 11.8 Å². The number of nitrogens with zero attached hydrogens (tertiary/aromatic N) is 2. The molecule has 1 spiro atoms. The highest BCUT2D eigenvalue weighted by Crippen LogP contribution is 2.48. The molecule has 168 valence electrons. The van der Waals surface area contributed by atoms with E-state index in [0.29, 0.717) is 29.5 Å². The molecule has 1 saturated carbocycles. The van der Waals surface area contributed by atoms with Crippen LogP contribution in [0.2, 0.25) is 0 Å². The maximum Gasteiger partial charge on any atom is 0.335 e. The van der Waals surface area contributed by atoms with E-state index in [-0.39, 0.29) is 23.3 Å². The minimum atomic E-state index is -0.977. The van der Waals surface area contributed by atoms with Gasteiger partial charge in [-0.25, -0.2) is 9.18 Å². The molecule has 3 atom stereocenters. The third-order valence-electron chi connectivity index (χ3n) is 6.70. The molecule has 1 heterocycles. The van der Waals surface area contributed by atoms with Gasteiger partial charge in [-0.1, -0.05) is 32.9 Å². The Hall–Kier alpha value is -3.02. The van der Waals surface area contributed by atoms with Gasteiger partial charge in [0.25, 0.3) is 5.91 Å². The van der Waals surface area contributed by atoms with Gasteiger partial charge in [0, 0.05) is 5.56 Å². The van der Waals surface area contributed by atoms with Gasteiger partial charge in [0.1, 0.15) is 17.2 Å². The van der Waals surface area contributed by atoms with Crippen LogP contribution in [0, 0.1) is 17.7 Å². The Bertz CT molecular complexity index is 1040. The van der Waals surface area contributed by atoms with Crippen molar-refractivity contribution in [1.82, 2.24) is 4.90 Å². The van der Waals surface area contributed by atoms with Crippen molar-refractivity contribution in [3.05, 3.63) is 71.0 Å². The first-order chi connectivity index (χ1) is 15.2. The fraction of sp³-hybridized carbons (Fsp3) is 0.423. The van der Waals surface area contributed by atoms with Gasteiger partial charge in [0.2, 0.25) is 0 Å². The number of halogens is 1. The van der Waals surface area contributed by atoms with Gasteiger partial charge in [-0.3, -0.25) is 9.79 Å². The van der Waals surface area contributed by atoms with Gasteiger partial charge < -0.3 is 10.0 Å². The van der Waals surface area contributed by atoms with Gasteiger partial charge in [-0.2, -0.15) is 0 Å². The molecule has 1 aliphatic heterocycles. The molecule has 1 aliphatic carbocycles. The van der Waals surface area contributed by atoms with Crippen LogP contribution in [-0.4, -0.2) is 33.3 Å². The van der Waals surface area contributed by atoms with Gasteiger partial charge >= 0.3 is 5.97 Å². The smallest absolute Gasteiger partial charge is 0.335 e. The van der Waals surface area contributed by atoms with Gasteiger partial charge in [0.15, 0.2) is 0 Å². The fourth-order valence-corrected chi connectivity index (χ4v) is 5.60. The topological polar surface area (TPSA) is 70.0 Å². The van der Waals surface area contributed by atoms with Crippen LogP contribution in [0.3, 0.4) is 0 Å². The van der Waals surface area contributed by atoms with Gasteiger partial charge in [0.05, 0.1) is 11.6 Å². The van der Waals surface area contributed by atoms with Crippen molar-refractivity contribution in [2.24, 2.45) is 16.8 Å². The van der Waals surface area contributed by atoms with Crippen LogP contribution in [0.5, 0.6) is 0 Å². The van der Waals surface area contributed by atoms with E-state index in [4.69, 9.17) is 4.99 Å². The zero-order valence-corrected chi connectivity index (χ0v) is 18.7.